The van der Waals surface area contributed by atoms with Crippen LogP contribution < -0.4 is 4.74 Å². The highest BCUT2D eigenvalue weighted by atomic mass is 35.5. The van der Waals surface area contributed by atoms with Gasteiger partial charge in [-0.2, -0.15) is 0 Å². The average molecular weight is 269 g/mol. The van der Waals surface area contributed by atoms with Gasteiger partial charge in [-0.25, -0.2) is 0 Å². The molecule has 0 amide bonds. The highest BCUT2D eigenvalue weighted by molar-refractivity contribution is 6.30. The standard InChI is InChI=1S/C14H17ClO3/c1-8-11(5-10(15)6-13(8)18-2)12(7-14(16)17)9-3-4-9/h5-6,9,12H,3-4,7H2,1-2H3,(H,16,17). The Hall–Kier alpha value is -1.22. The summed E-state index contributed by atoms with van der Waals surface area (Å²) < 4.78 is 5.29. The molecule has 0 heterocycles. The van der Waals surface area contributed by atoms with Crippen molar-refractivity contribution in [2.45, 2.75) is 32.1 Å². The number of carboxylic acids is 1. The number of rotatable bonds is 5. The molecule has 1 atom stereocenters. The topological polar surface area (TPSA) is 46.5 Å². The van der Waals surface area contributed by atoms with Crippen molar-refractivity contribution in [1.82, 2.24) is 0 Å². The number of carbonyl (C=O) groups is 1. The molecule has 1 aliphatic rings. The molecule has 1 aromatic rings. The number of ether oxygens (including phenoxy) is 1. The number of aliphatic carboxylic acids is 1. The van der Waals surface area contributed by atoms with Crippen molar-refractivity contribution in [2.75, 3.05) is 7.11 Å². The van der Waals surface area contributed by atoms with Crippen LogP contribution in [0.2, 0.25) is 5.02 Å². The van der Waals surface area contributed by atoms with Crippen molar-refractivity contribution in [1.29, 1.82) is 0 Å². The third kappa shape index (κ3) is 2.78. The van der Waals surface area contributed by atoms with Crippen molar-refractivity contribution in [3.05, 3.63) is 28.3 Å². The van der Waals surface area contributed by atoms with Crippen molar-refractivity contribution < 1.29 is 14.6 Å². The van der Waals surface area contributed by atoms with Gasteiger partial charge in [-0.15, -0.1) is 0 Å². The number of carboxylic acid groups (broad SMARTS) is 1. The Labute approximate surface area is 112 Å². The third-order valence-corrected chi connectivity index (χ3v) is 3.79. The van der Waals surface area contributed by atoms with E-state index in [1.54, 1.807) is 13.2 Å². The minimum absolute atomic E-state index is 0.0510. The lowest BCUT2D eigenvalue weighted by Crippen LogP contribution is -2.10. The Kier molecular flexibility index (Phi) is 3.81. The van der Waals surface area contributed by atoms with E-state index in [-0.39, 0.29) is 12.3 Å². The van der Waals surface area contributed by atoms with E-state index in [2.05, 4.69) is 0 Å². The number of hydrogen-bond acceptors (Lipinski definition) is 2. The predicted octanol–water partition coefficient (Wildman–Crippen LogP) is 3.63. The third-order valence-electron chi connectivity index (χ3n) is 3.57. The molecule has 0 spiro atoms. The van der Waals surface area contributed by atoms with Gasteiger partial charge in [0, 0.05) is 5.02 Å². The highest BCUT2D eigenvalue weighted by Crippen LogP contribution is 2.47. The summed E-state index contributed by atoms with van der Waals surface area (Å²) in [4.78, 5) is 11.0. The fourth-order valence-corrected chi connectivity index (χ4v) is 2.71. The molecule has 1 aromatic carbocycles. The van der Waals surface area contributed by atoms with Crippen LogP contribution in [-0.2, 0) is 4.79 Å². The summed E-state index contributed by atoms with van der Waals surface area (Å²) in [6, 6.07) is 3.65. The van der Waals surface area contributed by atoms with E-state index in [0.29, 0.717) is 10.9 Å². The summed E-state index contributed by atoms with van der Waals surface area (Å²) in [5.41, 5.74) is 2.02. The fraction of sp³-hybridized carbons (Fsp3) is 0.500. The Morgan fingerprint density at radius 3 is 2.72 bits per heavy atom. The molecule has 18 heavy (non-hydrogen) atoms. The smallest absolute Gasteiger partial charge is 0.303 e. The van der Waals surface area contributed by atoms with Crippen LogP contribution in [0.1, 0.15) is 36.3 Å². The van der Waals surface area contributed by atoms with Gasteiger partial charge in [0.1, 0.15) is 5.75 Å². The summed E-state index contributed by atoms with van der Waals surface area (Å²) >= 11 is 6.08. The molecule has 1 N–H and O–H groups in total. The van der Waals surface area contributed by atoms with Crippen LogP contribution in [0.25, 0.3) is 0 Å². The number of methoxy groups -OCH3 is 1. The van der Waals surface area contributed by atoms with E-state index in [9.17, 15) is 4.79 Å². The summed E-state index contributed by atoms with van der Waals surface area (Å²) in [7, 11) is 1.60. The van der Waals surface area contributed by atoms with Crippen molar-refractivity contribution in [2.24, 2.45) is 5.92 Å². The minimum atomic E-state index is -0.759. The Bertz CT molecular complexity index is 466. The minimum Gasteiger partial charge on any atom is -0.496 e. The first-order valence-electron chi connectivity index (χ1n) is 6.08. The fourth-order valence-electron chi connectivity index (χ4n) is 2.49. The Balaban J connectivity index is 2.40. The molecule has 0 aliphatic heterocycles. The van der Waals surface area contributed by atoms with E-state index >= 15 is 0 Å². The molecule has 0 saturated heterocycles. The summed E-state index contributed by atoms with van der Waals surface area (Å²) in [5.74, 6) is 0.497. The van der Waals surface area contributed by atoms with Crippen LogP contribution >= 0.6 is 11.6 Å². The second-order valence-electron chi connectivity index (χ2n) is 4.86. The van der Waals surface area contributed by atoms with Gasteiger partial charge in [0.2, 0.25) is 0 Å². The zero-order chi connectivity index (χ0) is 13.3. The SMILES string of the molecule is COc1cc(Cl)cc(C(CC(=O)O)C2CC2)c1C. The molecule has 4 heteroatoms. The Morgan fingerprint density at radius 2 is 2.22 bits per heavy atom. The molecule has 1 aliphatic carbocycles. The first kappa shape index (κ1) is 13.2. The van der Waals surface area contributed by atoms with Gasteiger partial charge in [-0.3, -0.25) is 4.79 Å². The summed E-state index contributed by atoms with van der Waals surface area (Å²) in [6.45, 7) is 1.96. The highest BCUT2D eigenvalue weighted by Gasteiger charge is 2.35. The molecular formula is C14H17ClO3. The van der Waals surface area contributed by atoms with E-state index in [4.69, 9.17) is 21.4 Å². The predicted molar refractivity (Wildman–Crippen MR) is 70.5 cm³/mol. The monoisotopic (exact) mass is 268 g/mol. The number of hydrogen-bond donors (Lipinski definition) is 1. The maximum atomic E-state index is 11.0. The van der Waals surface area contributed by atoms with Gasteiger partial charge in [-0.1, -0.05) is 11.6 Å². The molecule has 0 aromatic heterocycles. The normalized spacial score (nSPS) is 16.4. The van der Waals surface area contributed by atoms with Crippen molar-refractivity contribution >= 4 is 17.6 Å². The van der Waals surface area contributed by atoms with E-state index < -0.39 is 5.97 Å². The molecule has 1 fully saturated rings. The zero-order valence-electron chi connectivity index (χ0n) is 10.6. The second-order valence-corrected chi connectivity index (χ2v) is 5.30. The lowest BCUT2D eigenvalue weighted by atomic mass is 9.87. The van der Waals surface area contributed by atoms with Crippen molar-refractivity contribution in [3.63, 3.8) is 0 Å². The zero-order valence-corrected chi connectivity index (χ0v) is 11.3. The molecule has 1 unspecified atom stereocenters. The summed E-state index contributed by atoms with van der Waals surface area (Å²) in [6.07, 6.45) is 2.37. The van der Waals surface area contributed by atoms with E-state index in [1.165, 1.54) is 0 Å². The molecular weight excluding hydrogens is 252 g/mol. The van der Waals surface area contributed by atoms with Gasteiger partial charge in [0.15, 0.2) is 0 Å². The largest absolute Gasteiger partial charge is 0.496 e. The Morgan fingerprint density at radius 1 is 1.56 bits per heavy atom. The number of halogens is 1. The first-order valence-corrected chi connectivity index (χ1v) is 6.46. The molecule has 98 valence electrons. The van der Waals surface area contributed by atoms with Crippen LogP contribution in [0.15, 0.2) is 12.1 Å². The molecule has 1 saturated carbocycles. The van der Waals surface area contributed by atoms with Gasteiger partial charge in [0.25, 0.3) is 0 Å². The summed E-state index contributed by atoms with van der Waals surface area (Å²) in [5, 5.41) is 9.64. The lowest BCUT2D eigenvalue weighted by Gasteiger charge is -2.19. The quantitative estimate of drug-likeness (QED) is 0.887. The first-order chi connectivity index (χ1) is 8.52. The maximum Gasteiger partial charge on any atom is 0.303 e. The van der Waals surface area contributed by atoms with Gasteiger partial charge >= 0.3 is 5.97 Å². The maximum absolute atomic E-state index is 11.0. The molecule has 0 radical (unpaired) electrons. The molecule has 0 bridgehead atoms. The van der Waals surface area contributed by atoms with Crippen LogP contribution in [0, 0.1) is 12.8 Å². The number of benzene rings is 1. The molecule has 2 rings (SSSR count). The van der Waals surface area contributed by atoms with Gasteiger partial charge in [0.05, 0.1) is 13.5 Å². The van der Waals surface area contributed by atoms with Gasteiger partial charge < -0.3 is 9.84 Å². The van der Waals surface area contributed by atoms with Crippen LogP contribution in [0.3, 0.4) is 0 Å². The van der Waals surface area contributed by atoms with Crippen LogP contribution in [-0.4, -0.2) is 18.2 Å². The van der Waals surface area contributed by atoms with E-state index in [0.717, 1.165) is 29.7 Å². The van der Waals surface area contributed by atoms with Crippen LogP contribution in [0.5, 0.6) is 5.75 Å². The second kappa shape index (κ2) is 5.19. The molecule has 3 nitrogen and oxygen atoms in total. The van der Waals surface area contributed by atoms with Crippen LogP contribution in [0.4, 0.5) is 0 Å². The van der Waals surface area contributed by atoms with Gasteiger partial charge in [-0.05, 0) is 54.9 Å². The average Bonchev–Trinajstić information content (AvgIpc) is 3.12. The lowest BCUT2D eigenvalue weighted by molar-refractivity contribution is -0.137. The van der Waals surface area contributed by atoms with E-state index in [1.807, 2.05) is 13.0 Å². The van der Waals surface area contributed by atoms with Crippen molar-refractivity contribution in [3.8, 4) is 5.75 Å².